The van der Waals surface area contributed by atoms with Crippen molar-refractivity contribution in [3.05, 3.63) is 41.6 Å². The van der Waals surface area contributed by atoms with Crippen LogP contribution < -0.4 is 10.2 Å². The molecule has 1 N–H and O–H groups in total. The number of carbonyl (C=O) groups excluding carboxylic acids is 1. The SMILES string of the molecule is Cc1cc(Nc2ccc(C#N)cc2)nc(N2CCN(C(=O)OC(C)(C)C)CC2)n1. The van der Waals surface area contributed by atoms with Gasteiger partial charge in [0.25, 0.3) is 0 Å². The molecule has 29 heavy (non-hydrogen) atoms. The summed E-state index contributed by atoms with van der Waals surface area (Å²) in [5, 5.41) is 12.2. The molecular formula is C21H26N6O2. The number of hydrogen-bond acceptors (Lipinski definition) is 7. The number of anilines is 3. The van der Waals surface area contributed by atoms with Crippen LogP contribution in [0.3, 0.4) is 0 Å². The molecule has 1 aliphatic rings. The third-order valence-electron chi connectivity index (χ3n) is 4.34. The van der Waals surface area contributed by atoms with Gasteiger partial charge in [-0.05, 0) is 52.0 Å². The Morgan fingerprint density at radius 1 is 1.14 bits per heavy atom. The van der Waals surface area contributed by atoms with Crippen molar-refractivity contribution in [3.63, 3.8) is 0 Å². The van der Waals surface area contributed by atoms with Crippen LogP contribution in [0, 0.1) is 18.3 Å². The van der Waals surface area contributed by atoms with Gasteiger partial charge in [-0.25, -0.2) is 9.78 Å². The molecule has 8 nitrogen and oxygen atoms in total. The number of amides is 1. The Labute approximate surface area is 171 Å². The highest BCUT2D eigenvalue weighted by Crippen LogP contribution is 2.20. The summed E-state index contributed by atoms with van der Waals surface area (Å²) in [4.78, 5) is 25.2. The van der Waals surface area contributed by atoms with Crippen molar-refractivity contribution in [2.75, 3.05) is 36.4 Å². The van der Waals surface area contributed by atoms with Crippen molar-refractivity contribution >= 4 is 23.5 Å². The maximum absolute atomic E-state index is 12.2. The van der Waals surface area contributed by atoms with E-state index in [0.29, 0.717) is 43.5 Å². The minimum absolute atomic E-state index is 0.287. The fraction of sp³-hybridized carbons (Fsp3) is 0.429. The molecule has 1 fully saturated rings. The highest BCUT2D eigenvalue weighted by atomic mass is 16.6. The molecule has 2 heterocycles. The van der Waals surface area contributed by atoms with Crippen LogP contribution in [0.1, 0.15) is 32.0 Å². The molecule has 1 amide bonds. The quantitative estimate of drug-likeness (QED) is 0.852. The van der Waals surface area contributed by atoms with Crippen LogP contribution in [0.5, 0.6) is 0 Å². The number of piperazine rings is 1. The minimum atomic E-state index is -0.500. The van der Waals surface area contributed by atoms with Gasteiger partial charge in [-0.1, -0.05) is 0 Å². The lowest BCUT2D eigenvalue weighted by Gasteiger charge is -2.35. The van der Waals surface area contributed by atoms with Crippen LogP contribution in [0.4, 0.5) is 22.2 Å². The van der Waals surface area contributed by atoms with E-state index >= 15 is 0 Å². The highest BCUT2D eigenvalue weighted by molar-refractivity contribution is 5.68. The first-order chi connectivity index (χ1) is 13.7. The van der Waals surface area contributed by atoms with Crippen molar-refractivity contribution in [3.8, 4) is 6.07 Å². The Kier molecular flexibility index (Phi) is 5.87. The third-order valence-corrected chi connectivity index (χ3v) is 4.34. The van der Waals surface area contributed by atoms with Gasteiger partial charge < -0.3 is 19.9 Å². The summed E-state index contributed by atoms with van der Waals surface area (Å²) in [5.74, 6) is 1.32. The largest absolute Gasteiger partial charge is 0.444 e. The van der Waals surface area contributed by atoms with E-state index in [0.717, 1.165) is 11.4 Å². The van der Waals surface area contributed by atoms with E-state index in [-0.39, 0.29) is 6.09 Å². The number of nitrogens with zero attached hydrogens (tertiary/aromatic N) is 5. The summed E-state index contributed by atoms with van der Waals surface area (Å²) < 4.78 is 5.45. The second-order valence-electron chi connectivity index (χ2n) is 7.96. The number of nitriles is 1. The van der Waals surface area contributed by atoms with Crippen LogP contribution in [0.2, 0.25) is 0 Å². The molecule has 1 aromatic carbocycles. The molecule has 0 unspecified atom stereocenters. The maximum Gasteiger partial charge on any atom is 0.410 e. The molecule has 0 saturated carbocycles. The average Bonchev–Trinajstić information content (AvgIpc) is 2.67. The summed E-state index contributed by atoms with van der Waals surface area (Å²) in [6, 6.07) is 11.2. The second-order valence-corrected chi connectivity index (χ2v) is 7.96. The van der Waals surface area contributed by atoms with Crippen LogP contribution >= 0.6 is 0 Å². The Balaban J connectivity index is 1.66. The first-order valence-electron chi connectivity index (χ1n) is 9.59. The number of hydrogen-bond donors (Lipinski definition) is 1. The van der Waals surface area contributed by atoms with E-state index in [1.807, 2.05) is 45.9 Å². The van der Waals surface area contributed by atoms with Gasteiger partial charge in [0.1, 0.15) is 11.4 Å². The Morgan fingerprint density at radius 3 is 2.38 bits per heavy atom. The molecule has 3 rings (SSSR count). The van der Waals surface area contributed by atoms with Gasteiger partial charge in [0.15, 0.2) is 0 Å². The molecule has 2 aromatic rings. The Hall–Kier alpha value is -3.34. The molecule has 0 atom stereocenters. The number of benzene rings is 1. The first-order valence-corrected chi connectivity index (χ1v) is 9.59. The zero-order valence-electron chi connectivity index (χ0n) is 17.3. The van der Waals surface area contributed by atoms with E-state index in [2.05, 4.69) is 26.3 Å². The van der Waals surface area contributed by atoms with Gasteiger partial charge in [0, 0.05) is 43.6 Å². The van der Waals surface area contributed by atoms with Gasteiger partial charge in [-0.15, -0.1) is 0 Å². The van der Waals surface area contributed by atoms with Crippen LogP contribution in [-0.2, 0) is 4.74 Å². The summed E-state index contributed by atoms with van der Waals surface area (Å²) in [6.07, 6.45) is -0.287. The van der Waals surface area contributed by atoms with E-state index < -0.39 is 5.60 Å². The molecule has 0 radical (unpaired) electrons. The van der Waals surface area contributed by atoms with Gasteiger partial charge >= 0.3 is 6.09 Å². The minimum Gasteiger partial charge on any atom is -0.444 e. The standard InChI is InChI=1S/C21H26N6O2/c1-15-13-18(24-17-7-5-16(14-22)6-8-17)25-19(23-15)26-9-11-27(12-10-26)20(28)29-21(2,3)4/h5-8,13H,9-12H2,1-4H3,(H,23,24,25). The van der Waals surface area contributed by atoms with Crippen LogP contribution in [0.15, 0.2) is 30.3 Å². The monoisotopic (exact) mass is 394 g/mol. The lowest BCUT2D eigenvalue weighted by molar-refractivity contribution is 0.0240. The zero-order valence-corrected chi connectivity index (χ0v) is 17.3. The predicted octanol–water partition coefficient (Wildman–Crippen LogP) is 3.46. The molecule has 152 valence electrons. The first kappa shape index (κ1) is 20.4. The van der Waals surface area contributed by atoms with Crippen LogP contribution in [0.25, 0.3) is 0 Å². The van der Waals surface area contributed by atoms with E-state index in [1.54, 1.807) is 17.0 Å². The summed E-state index contributed by atoms with van der Waals surface area (Å²) in [5.41, 5.74) is 1.81. The molecule has 0 bridgehead atoms. The fourth-order valence-corrected chi connectivity index (χ4v) is 2.95. The smallest absolute Gasteiger partial charge is 0.410 e. The van der Waals surface area contributed by atoms with E-state index in [9.17, 15) is 4.79 Å². The number of carbonyl (C=O) groups is 1. The van der Waals surface area contributed by atoms with E-state index in [4.69, 9.17) is 10.00 Å². The zero-order chi connectivity index (χ0) is 21.0. The summed E-state index contributed by atoms with van der Waals surface area (Å²) in [6.45, 7) is 9.91. The lowest BCUT2D eigenvalue weighted by Crippen LogP contribution is -2.50. The van der Waals surface area contributed by atoms with Crippen molar-refractivity contribution in [1.82, 2.24) is 14.9 Å². The molecule has 1 aromatic heterocycles. The number of ether oxygens (including phenoxy) is 1. The molecule has 1 saturated heterocycles. The van der Waals surface area contributed by atoms with Crippen molar-refractivity contribution < 1.29 is 9.53 Å². The van der Waals surface area contributed by atoms with Gasteiger partial charge in [0.05, 0.1) is 11.6 Å². The number of aromatic nitrogens is 2. The maximum atomic E-state index is 12.2. The summed E-state index contributed by atoms with van der Waals surface area (Å²) in [7, 11) is 0. The molecular weight excluding hydrogens is 368 g/mol. The summed E-state index contributed by atoms with van der Waals surface area (Å²) >= 11 is 0. The van der Waals surface area contributed by atoms with Crippen molar-refractivity contribution in [2.24, 2.45) is 0 Å². The third kappa shape index (κ3) is 5.57. The van der Waals surface area contributed by atoms with E-state index in [1.165, 1.54) is 0 Å². The lowest BCUT2D eigenvalue weighted by atomic mass is 10.2. The van der Waals surface area contributed by atoms with Gasteiger partial charge in [0.2, 0.25) is 5.95 Å². The predicted molar refractivity (Wildman–Crippen MR) is 111 cm³/mol. The van der Waals surface area contributed by atoms with Gasteiger partial charge in [-0.3, -0.25) is 0 Å². The van der Waals surface area contributed by atoms with Gasteiger partial charge in [-0.2, -0.15) is 10.2 Å². The fourth-order valence-electron chi connectivity index (χ4n) is 2.95. The second kappa shape index (κ2) is 8.35. The molecule has 0 aliphatic carbocycles. The Bertz CT molecular complexity index is 906. The number of aryl methyl sites for hydroxylation is 1. The number of rotatable bonds is 3. The average molecular weight is 394 g/mol. The topological polar surface area (TPSA) is 94.4 Å². The van der Waals surface area contributed by atoms with Crippen LogP contribution in [-0.4, -0.2) is 52.7 Å². The molecule has 8 heteroatoms. The normalized spacial score (nSPS) is 14.3. The Morgan fingerprint density at radius 2 is 1.79 bits per heavy atom. The van der Waals surface area contributed by atoms with Crippen molar-refractivity contribution in [1.29, 1.82) is 5.26 Å². The number of nitrogens with one attached hydrogen (secondary N) is 1. The molecule has 1 aliphatic heterocycles. The highest BCUT2D eigenvalue weighted by Gasteiger charge is 2.27. The molecule has 0 spiro atoms. The van der Waals surface area contributed by atoms with Crippen molar-refractivity contribution in [2.45, 2.75) is 33.3 Å².